The first-order valence-corrected chi connectivity index (χ1v) is 6.40. The number of nitrogens with one attached hydrogen (secondary N) is 1. The predicted molar refractivity (Wildman–Crippen MR) is 71.9 cm³/mol. The van der Waals surface area contributed by atoms with Crippen molar-refractivity contribution in [1.29, 1.82) is 0 Å². The average molecular weight is 256 g/mol. The Bertz CT molecular complexity index is 547. The molecule has 2 heterocycles. The summed E-state index contributed by atoms with van der Waals surface area (Å²) in [7, 11) is 0. The van der Waals surface area contributed by atoms with Crippen LogP contribution >= 0.6 is 0 Å². The van der Waals surface area contributed by atoms with Gasteiger partial charge in [0.2, 0.25) is 5.91 Å². The van der Waals surface area contributed by atoms with Crippen LogP contribution in [0.2, 0.25) is 0 Å². The quantitative estimate of drug-likeness (QED) is 0.884. The van der Waals surface area contributed by atoms with Gasteiger partial charge in [-0.25, -0.2) is 4.68 Å². The van der Waals surface area contributed by atoms with Crippen molar-refractivity contribution in [2.24, 2.45) is 0 Å². The lowest BCUT2D eigenvalue weighted by Crippen LogP contribution is -2.47. The fourth-order valence-electron chi connectivity index (χ4n) is 2.21. The summed E-state index contributed by atoms with van der Waals surface area (Å²) in [6.45, 7) is 2.78. The van der Waals surface area contributed by atoms with Gasteiger partial charge in [0.15, 0.2) is 0 Å². The van der Waals surface area contributed by atoms with Gasteiger partial charge in [-0.1, -0.05) is 12.1 Å². The number of amides is 1. The second-order valence-electron chi connectivity index (χ2n) is 4.61. The van der Waals surface area contributed by atoms with E-state index in [1.807, 2.05) is 46.1 Å². The zero-order valence-corrected chi connectivity index (χ0v) is 10.6. The van der Waals surface area contributed by atoms with Gasteiger partial charge >= 0.3 is 0 Å². The molecule has 0 radical (unpaired) electrons. The second-order valence-corrected chi connectivity index (χ2v) is 4.61. The van der Waals surface area contributed by atoms with Crippen LogP contribution in [0.3, 0.4) is 0 Å². The number of rotatable bonds is 3. The molecule has 1 amide bonds. The molecule has 0 saturated carbocycles. The van der Waals surface area contributed by atoms with Crippen molar-refractivity contribution in [3.8, 4) is 5.69 Å². The number of carbonyl (C=O) groups excluding carboxylic acids is 1. The molecule has 5 nitrogen and oxygen atoms in total. The van der Waals surface area contributed by atoms with Crippen LogP contribution in [0.5, 0.6) is 0 Å². The van der Waals surface area contributed by atoms with E-state index in [9.17, 15) is 4.79 Å². The van der Waals surface area contributed by atoms with Gasteiger partial charge < -0.3 is 10.2 Å². The van der Waals surface area contributed by atoms with Gasteiger partial charge in [0.25, 0.3) is 0 Å². The van der Waals surface area contributed by atoms with E-state index in [1.54, 1.807) is 6.20 Å². The van der Waals surface area contributed by atoms with Crippen molar-refractivity contribution in [2.45, 2.75) is 6.54 Å². The lowest BCUT2D eigenvalue weighted by atomic mass is 10.2. The first-order chi connectivity index (χ1) is 9.33. The van der Waals surface area contributed by atoms with Crippen LogP contribution in [0.4, 0.5) is 0 Å². The summed E-state index contributed by atoms with van der Waals surface area (Å²) in [5, 5.41) is 7.26. The maximum Gasteiger partial charge on any atom is 0.236 e. The largest absolute Gasteiger partial charge is 0.336 e. The monoisotopic (exact) mass is 256 g/mol. The molecule has 1 aliphatic heterocycles. The summed E-state index contributed by atoms with van der Waals surface area (Å²) in [6.07, 6.45) is 3.67. The van der Waals surface area contributed by atoms with E-state index in [0.717, 1.165) is 24.3 Å². The highest BCUT2D eigenvalue weighted by atomic mass is 16.2. The zero-order chi connectivity index (χ0) is 13.1. The molecule has 1 aromatic carbocycles. The van der Waals surface area contributed by atoms with E-state index in [2.05, 4.69) is 10.4 Å². The van der Waals surface area contributed by atoms with Gasteiger partial charge in [-0.3, -0.25) is 4.79 Å². The van der Waals surface area contributed by atoms with Gasteiger partial charge in [-0.15, -0.1) is 0 Å². The molecule has 0 aliphatic carbocycles. The van der Waals surface area contributed by atoms with E-state index in [4.69, 9.17) is 0 Å². The van der Waals surface area contributed by atoms with Crippen molar-refractivity contribution in [3.05, 3.63) is 48.3 Å². The molecule has 0 bridgehead atoms. The van der Waals surface area contributed by atoms with Crippen molar-refractivity contribution in [2.75, 3.05) is 19.6 Å². The van der Waals surface area contributed by atoms with Crippen molar-refractivity contribution in [1.82, 2.24) is 20.0 Å². The number of nitrogens with zero attached hydrogens (tertiary/aromatic N) is 3. The fraction of sp³-hybridized carbons (Fsp3) is 0.286. The minimum atomic E-state index is 0.169. The van der Waals surface area contributed by atoms with Gasteiger partial charge in [0.1, 0.15) is 0 Å². The van der Waals surface area contributed by atoms with E-state index in [0.29, 0.717) is 13.1 Å². The standard InChI is InChI=1S/C14H16N4O/c19-14-10-15-7-9-17(14)11-12-2-4-13(5-3-12)18-8-1-6-16-18/h1-6,8,15H,7,9-11H2. The summed E-state index contributed by atoms with van der Waals surface area (Å²) < 4.78 is 1.82. The van der Waals surface area contributed by atoms with E-state index < -0.39 is 0 Å². The molecule has 3 rings (SSSR count). The Balaban J connectivity index is 1.70. The summed E-state index contributed by atoms with van der Waals surface area (Å²) in [6, 6.07) is 10.0. The maximum absolute atomic E-state index is 11.7. The summed E-state index contributed by atoms with van der Waals surface area (Å²) in [5.74, 6) is 0.169. The molecule has 1 fully saturated rings. The summed E-state index contributed by atoms with van der Waals surface area (Å²) >= 11 is 0. The Morgan fingerprint density at radius 1 is 1.26 bits per heavy atom. The van der Waals surface area contributed by atoms with E-state index in [-0.39, 0.29) is 5.91 Å². The van der Waals surface area contributed by atoms with Gasteiger partial charge in [0, 0.05) is 32.0 Å². The zero-order valence-electron chi connectivity index (χ0n) is 10.6. The van der Waals surface area contributed by atoms with Crippen LogP contribution in [-0.2, 0) is 11.3 Å². The average Bonchev–Trinajstić information content (AvgIpc) is 2.96. The Morgan fingerprint density at radius 2 is 2.11 bits per heavy atom. The number of benzene rings is 1. The molecule has 19 heavy (non-hydrogen) atoms. The Labute approximate surface area is 111 Å². The van der Waals surface area contributed by atoms with E-state index in [1.165, 1.54) is 0 Å². The van der Waals surface area contributed by atoms with Crippen LogP contribution < -0.4 is 5.32 Å². The first kappa shape index (κ1) is 11.9. The Morgan fingerprint density at radius 3 is 2.79 bits per heavy atom. The molecular formula is C14H16N4O. The maximum atomic E-state index is 11.7. The van der Waals surface area contributed by atoms with Crippen LogP contribution in [0.25, 0.3) is 5.69 Å². The molecule has 1 aromatic heterocycles. The van der Waals surface area contributed by atoms with Crippen LogP contribution in [-0.4, -0.2) is 40.2 Å². The van der Waals surface area contributed by atoms with Gasteiger partial charge in [-0.2, -0.15) is 5.10 Å². The van der Waals surface area contributed by atoms with Crippen LogP contribution in [0, 0.1) is 0 Å². The number of hydrogen-bond donors (Lipinski definition) is 1. The molecule has 1 aliphatic rings. The smallest absolute Gasteiger partial charge is 0.236 e. The number of hydrogen-bond acceptors (Lipinski definition) is 3. The van der Waals surface area contributed by atoms with Crippen LogP contribution in [0.1, 0.15) is 5.56 Å². The summed E-state index contributed by atoms with van der Waals surface area (Å²) in [4.78, 5) is 13.6. The fourth-order valence-corrected chi connectivity index (χ4v) is 2.21. The first-order valence-electron chi connectivity index (χ1n) is 6.40. The minimum absolute atomic E-state index is 0.169. The lowest BCUT2D eigenvalue weighted by Gasteiger charge is -2.27. The topological polar surface area (TPSA) is 50.2 Å². The molecule has 5 heteroatoms. The highest BCUT2D eigenvalue weighted by Gasteiger charge is 2.17. The van der Waals surface area contributed by atoms with Gasteiger partial charge in [0.05, 0.1) is 12.2 Å². The molecular weight excluding hydrogens is 240 g/mol. The van der Waals surface area contributed by atoms with Crippen LogP contribution in [0.15, 0.2) is 42.7 Å². The normalized spacial score (nSPS) is 15.8. The number of aromatic nitrogens is 2. The number of piperazine rings is 1. The molecule has 0 spiro atoms. The van der Waals surface area contributed by atoms with Gasteiger partial charge in [-0.05, 0) is 23.8 Å². The summed E-state index contributed by atoms with van der Waals surface area (Å²) in [5.41, 5.74) is 2.17. The van der Waals surface area contributed by atoms with Crippen molar-refractivity contribution >= 4 is 5.91 Å². The molecule has 0 atom stereocenters. The lowest BCUT2D eigenvalue weighted by molar-refractivity contribution is -0.132. The molecule has 98 valence electrons. The third-order valence-corrected chi connectivity index (χ3v) is 3.27. The second kappa shape index (κ2) is 5.24. The molecule has 0 unspecified atom stereocenters. The molecule has 2 aromatic rings. The highest BCUT2D eigenvalue weighted by molar-refractivity contribution is 5.79. The molecule has 1 N–H and O–H groups in total. The Kier molecular flexibility index (Phi) is 3.29. The van der Waals surface area contributed by atoms with Crippen molar-refractivity contribution < 1.29 is 4.79 Å². The Hall–Kier alpha value is -2.14. The number of carbonyl (C=O) groups is 1. The third kappa shape index (κ3) is 2.66. The minimum Gasteiger partial charge on any atom is -0.336 e. The highest BCUT2D eigenvalue weighted by Crippen LogP contribution is 2.11. The SMILES string of the molecule is O=C1CNCCN1Cc1ccc(-n2cccn2)cc1. The molecule has 1 saturated heterocycles. The third-order valence-electron chi connectivity index (χ3n) is 3.27. The predicted octanol–water partition coefficient (Wildman–Crippen LogP) is 0.804. The van der Waals surface area contributed by atoms with E-state index >= 15 is 0 Å². The van der Waals surface area contributed by atoms with Crippen molar-refractivity contribution in [3.63, 3.8) is 0 Å².